The van der Waals surface area contributed by atoms with Crippen molar-refractivity contribution in [3.05, 3.63) is 10.1 Å². The number of rotatable bonds is 2. The lowest BCUT2D eigenvalue weighted by atomic mass is 10.2. The van der Waals surface area contributed by atoms with Crippen LogP contribution in [-0.2, 0) is 9.53 Å². The fourth-order valence-corrected chi connectivity index (χ4v) is 1.04. The Bertz CT molecular complexity index is 215. The molecule has 0 bridgehead atoms. The molecule has 11 heavy (non-hydrogen) atoms. The Morgan fingerprint density at radius 1 is 1.82 bits per heavy atom. The molecule has 1 saturated carbocycles. The molecule has 5 heteroatoms. The average Bonchev–Trinajstić information content (AvgIpc) is 2.63. The molecule has 0 radical (unpaired) electrons. The number of carbonyl (C=O) groups is 1. The zero-order chi connectivity index (χ0) is 8.65. The van der Waals surface area contributed by atoms with Crippen LogP contribution in [0.5, 0.6) is 0 Å². The molecular weight excluding hydrogens is 150 g/mol. The van der Waals surface area contributed by atoms with Gasteiger partial charge in [0.1, 0.15) is 5.92 Å². The number of nitro groups is 1. The van der Waals surface area contributed by atoms with Crippen molar-refractivity contribution in [1.29, 1.82) is 0 Å². The van der Waals surface area contributed by atoms with Crippen molar-refractivity contribution in [2.24, 2.45) is 5.92 Å². The second-order valence-electron chi connectivity index (χ2n) is 2.89. The summed E-state index contributed by atoms with van der Waals surface area (Å²) in [4.78, 5) is 20.7. The average molecular weight is 159 g/mol. The van der Waals surface area contributed by atoms with E-state index in [9.17, 15) is 14.9 Å². The van der Waals surface area contributed by atoms with Gasteiger partial charge in [0.2, 0.25) is 5.54 Å². The second-order valence-corrected chi connectivity index (χ2v) is 2.89. The molecule has 0 aromatic rings. The highest BCUT2D eigenvalue weighted by molar-refractivity contribution is 5.77. The number of esters is 1. The fourth-order valence-electron chi connectivity index (χ4n) is 1.04. The molecule has 0 aromatic heterocycles. The van der Waals surface area contributed by atoms with E-state index in [0.29, 0.717) is 6.42 Å². The van der Waals surface area contributed by atoms with Crippen LogP contribution < -0.4 is 0 Å². The first kappa shape index (κ1) is 7.97. The highest BCUT2D eigenvalue weighted by Crippen LogP contribution is 2.46. The van der Waals surface area contributed by atoms with Crippen LogP contribution >= 0.6 is 0 Å². The first-order valence-electron chi connectivity index (χ1n) is 3.24. The van der Waals surface area contributed by atoms with Crippen molar-refractivity contribution < 1.29 is 14.5 Å². The van der Waals surface area contributed by atoms with Gasteiger partial charge in [-0.2, -0.15) is 0 Å². The number of methoxy groups -OCH3 is 1. The zero-order valence-electron chi connectivity index (χ0n) is 6.36. The Labute approximate surface area is 63.5 Å². The predicted molar refractivity (Wildman–Crippen MR) is 35.5 cm³/mol. The first-order chi connectivity index (χ1) is 5.02. The van der Waals surface area contributed by atoms with Gasteiger partial charge in [-0.25, -0.2) is 0 Å². The van der Waals surface area contributed by atoms with Gasteiger partial charge >= 0.3 is 5.97 Å². The van der Waals surface area contributed by atoms with Crippen molar-refractivity contribution in [3.8, 4) is 0 Å². The number of ether oxygens (including phenoxy) is 1. The molecule has 1 aliphatic carbocycles. The number of hydrogen-bond acceptors (Lipinski definition) is 4. The Balaban J connectivity index is 2.60. The summed E-state index contributed by atoms with van der Waals surface area (Å²) in [7, 11) is 1.24. The molecule has 1 rings (SSSR count). The van der Waals surface area contributed by atoms with E-state index in [1.807, 2.05) is 0 Å². The molecule has 2 unspecified atom stereocenters. The van der Waals surface area contributed by atoms with E-state index in [4.69, 9.17) is 0 Å². The molecule has 5 nitrogen and oxygen atoms in total. The van der Waals surface area contributed by atoms with E-state index >= 15 is 0 Å². The molecule has 0 aliphatic heterocycles. The number of nitrogens with zero attached hydrogens (tertiary/aromatic N) is 1. The molecular formula is C6H9NO4. The Morgan fingerprint density at radius 2 is 2.36 bits per heavy atom. The van der Waals surface area contributed by atoms with Gasteiger partial charge in [-0.3, -0.25) is 14.9 Å². The van der Waals surface area contributed by atoms with Crippen molar-refractivity contribution in [3.63, 3.8) is 0 Å². The highest BCUT2D eigenvalue weighted by Gasteiger charge is 2.66. The van der Waals surface area contributed by atoms with Gasteiger partial charge in [0.15, 0.2) is 0 Å². The minimum absolute atomic E-state index is 0.298. The third-order valence-electron chi connectivity index (χ3n) is 2.11. The van der Waals surface area contributed by atoms with Gasteiger partial charge in [0.05, 0.1) is 7.11 Å². The highest BCUT2D eigenvalue weighted by atomic mass is 16.6. The lowest BCUT2D eigenvalue weighted by Crippen LogP contribution is -2.23. The van der Waals surface area contributed by atoms with Crippen LogP contribution in [0.3, 0.4) is 0 Å². The molecule has 1 fully saturated rings. The van der Waals surface area contributed by atoms with Gasteiger partial charge in [-0.15, -0.1) is 0 Å². The lowest BCUT2D eigenvalue weighted by molar-refractivity contribution is -0.536. The maximum Gasteiger partial charge on any atom is 0.316 e. The first-order valence-corrected chi connectivity index (χ1v) is 3.24. The number of hydrogen-bond donors (Lipinski definition) is 0. The summed E-state index contributed by atoms with van der Waals surface area (Å²) in [5.74, 6) is -1.02. The maximum atomic E-state index is 10.8. The molecule has 0 aromatic carbocycles. The maximum absolute atomic E-state index is 10.8. The standard InChI is InChI=1S/C6H9NO4/c1-6(7(9)10)3-4(6)5(8)11-2/h4H,3H2,1-2H3. The smallest absolute Gasteiger partial charge is 0.316 e. The lowest BCUT2D eigenvalue weighted by Gasteiger charge is -1.99. The normalized spacial score (nSPS) is 34.5. The van der Waals surface area contributed by atoms with Crippen LogP contribution in [0.4, 0.5) is 0 Å². The minimum Gasteiger partial charge on any atom is -0.469 e. The van der Waals surface area contributed by atoms with Crippen LogP contribution in [0.15, 0.2) is 0 Å². The quantitative estimate of drug-likeness (QED) is 0.328. The molecule has 0 N–H and O–H groups in total. The van der Waals surface area contributed by atoms with Crippen LogP contribution in [0.2, 0.25) is 0 Å². The largest absolute Gasteiger partial charge is 0.469 e. The molecule has 62 valence electrons. The Morgan fingerprint density at radius 3 is 2.64 bits per heavy atom. The number of carbonyl (C=O) groups excluding carboxylic acids is 1. The molecule has 2 atom stereocenters. The topological polar surface area (TPSA) is 69.4 Å². The van der Waals surface area contributed by atoms with E-state index in [-0.39, 0.29) is 0 Å². The SMILES string of the molecule is COC(=O)C1CC1(C)[N+](=O)[O-]. The Hall–Kier alpha value is -1.13. The molecule has 0 saturated heterocycles. The summed E-state index contributed by atoms with van der Waals surface area (Å²) in [5, 5.41) is 10.3. The summed E-state index contributed by atoms with van der Waals surface area (Å²) >= 11 is 0. The van der Waals surface area contributed by atoms with Crippen molar-refractivity contribution in [2.75, 3.05) is 7.11 Å². The molecule has 0 spiro atoms. The summed E-state index contributed by atoms with van der Waals surface area (Å²) in [6.45, 7) is 1.45. The van der Waals surface area contributed by atoms with Gasteiger partial charge in [0, 0.05) is 18.3 Å². The molecule has 0 heterocycles. The second kappa shape index (κ2) is 2.18. The van der Waals surface area contributed by atoms with E-state index in [1.165, 1.54) is 14.0 Å². The summed E-state index contributed by atoms with van der Waals surface area (Å²) in [6, 6.07) is 0. The van der Waals surface area contributed by atoms with E-state index in [2.05, 4.69) is 4.74 Å². The third kappa shape index (κ3) is 1.06. The van der Waals surface area contributed by atoms with Gasteiger partial charge < -0.3 is 4.74 Å². The minimum atomic E-state index is -1.06. The van der Waals surface area contributed by atoms with E-state index in [1.54, 1.807) is 0 Å². The van der Waals surface area contributed by atoms with Crippen LogP contribution in [0, 0.1) is 16.0 Å². The third-order valence-corrected chi connectivity index (χ3v) is 2.11. The Kier molecular flexibility index (Phi) is 1.58. The van der Waals surface area contributed by atoms with Crippen molar-refractivity contribution in [2.45, 2.75) is 18.9 Å². The van der Waals surface area contributed by atoms with Crippen LogP contribution in [0.1, 0.15) is 13.3 Å². The summed E-state index contributed by atoms with van der Waals surface area (Å²) < 4.78 is 4.38. The van der Waals surface area contributed by atoms with E-state index < -0.39 is 22.3 Å². The van der Waals surface area contributed by atoms with Crippen molar-refractivity contribution >= 4 is 5.97 Å². The van der Waals surface area contributed by atoms with Crippen LogP contribution in [0.25, 0.3) is 0 Å². The summed E-state index contributed by atoms with van der Waals surface area (Å²) in [6.07, 6.45) is 0.298. The van der Waals surface area contributed by atoms with E-state index in [0.717, 1.165) is 0 Å². The monoisotopic (exact) mass is 159 g/mol. The predicted octanol–water partition coefficient (Wildman–Crippen LogP) is 0.215. The molecule has 1 aliphatic rings. The van der Waals surface area contributed by atoms with Crippen LogP contribution in [-0.4, -0.2) is 23.5 Å². The van der Waals surface area contributed by atoms with Crippen molar-refractivity contribution in [1.82, 2.24) is 0 Å². The van der Waals surface area contributed by atoms with Gasteiger partial charge in [0.25, 0.3) is 0 Å². The zero-order valence-corrected chi connectivity index (χ0v) is 6.36. The van der Waals surface area contributed by atoms with Gasteiger partial charge in [-0.05, 0) is 0 Å². The fraction of sp³-hybridized carbons (Fsp3) is 0.833. The summed E-state index contributed by atoms with van der Waals surface area (Å²) in [5.41, 5.74) is -1.06. The van der Waals surface area contributed by atoms with Gasteiger partial charge in [-0.1, -0.05) is 0 Å². The molecule has 0 amide bonds.